The van der Waals surface area contributed by atoms with Gasteiger partial charge in [0, 0.05) is 38.1 Å². The summed E-state index contributed by atoms with van der Waals surface area (Å²) >= 11 is 3.51. The first-order valence-electron chi connectivity index (χ1n) is 9.00. The zero-order valence-corrected chi connectivity index (χ0v) is 17.4. The molecule has 0 saturated carbocycles. The number of rotatable bonds is 4. The predicted molar refractivity (Wildman–Crippen MR) is 112 cm³/mol. The van der Waals surface area contributed by atoms with Crippen molar-refractivity contribution in [1.29, 1.82) is 0 Å². The molecule has 0 spiro atoms. The van der Waals surface area contributed by atoms with Crippen LogP contribution in [0.15, 0.2) is 35.6 Å². The van der Waals surface area contributed by atoms with Crippen LogP contribution in [0.5, 0.6) is 0 Å². The van der Waals surface area contributed by atoms with Crippen molar-refractivity contribution < 1.29 is 4.79 Å². The molecule has 8 heteroatoms. The lowest BCUT2D eigenvalue weighted by Gasteiger charge is -2.36. The van der Waals surface area contributed by atoms with Crippen molar-refractivity contribution in [2.75, 3.05) is 31.3 Å². The Kier molecular flexibility index (Phi) is 5.10. The van der Waals surface area contributed by atoms with E-state index in [-0.39, 0.29) is 11.9 Å². The van der Waals surface area contributed by atoms with E-state index in [4.69, 9.17) is 4.98 Å². The molecular weight excluding hydrogens is 378 g/mol. The van der Waals surface area contributed by atoms with Gasteiger partial charge in [0.2, 0.25) is 0 Å². The quantitative estimate of drug-likeness (QED) is 0.627. The molecule has 0 N–H and O–H groups in total. The van der Waals surface area contributed by atoms with Gasteiger partial charge in [-0.05, 0) is 37.3 Å². The molecular formula is C19H23N5OS2. The number of hydrogen-bond acceptors (Lipinski definition) is 6. The van der Waals surface area contributed by atoms with Crippen LogP contribution in [-0.4, -0.2) is 57.8 Å². The Morgan fingerprint density at radius 1 is 1.33 bits per heavy atom. The van der Waals surface area contributed by atoms with Crippen molar-refractivity contribution in [3.63, 3.8) is 0 Å². The minimum absolute atomic E-state index is 0.0398. The van der Waals surface area contributed by atoms with Crippen LogP contribution >= 0.6 is 23.1 Å². The zero-order chi connectivity index (χ0) is 19.0. The number of anilines is 1. The van der Waals surface area contributed by atoms with Crippen molar-refractivity contribution in [3.8, 4) is 0 Å². The Balaban J connectivity index is 1.43. The summed E-state index contributed by atoms with van der Waals surface area (Å²) in [6, 6.07) is 6.70. The lowest BCUT2D eigenvalue weighted by atomic mass is 10.0. The van der Waals surface area contributed by atoms with E-state index in [1.807, 2.05) is 19.0 Å². The van der Waals surface area contributed by atoms with Gasteiger partial charge in [0.05, 0.1) is 22.7 Å². The summed E-state index contributed by atoms with van der Waals surface area (Å²) in [6.07, 6.45) is 7.30. The summed E-state index contributed by atoms with van der Waals surface area (Å²) in [5.41, 5.74) is 1.70. The highest BCUT2D eigenvalue weighted by molar-refractivity contribution is 7.98. The van der Waals surface area contributed by atoms with Gasteiger partial charge >= 0.3 is 0 Å². The minimum Gasteiger partial charge on any atom is -0.348 e. The molecule has 0 bridgehead atoms. The Hall–Kier alpha value is -2.06. The number of aryl methyl sites for hydroxylation is 1. The SMILES string of the molecule is CSc1ccc2nc(N3CCC(N(C)C(=O)c4cncn4C)CC3)sc2c1. The average Bonchev–Trinajstić information content (AvgIpc) is 3.32. The van der Waals surface area contributed by atoms with Gasteiger partial charge < -0.3 is 14.4 Å². The standard InChI is InChI=1S/C19H23N5OS2/c1-22-12-20-11-16(22)18(25)23(2)13-6-8-24(9-7-13)19-21-15-5-4-14(26-3)10-17(15)27-19/h4-5,10-13H,6-9H2,1-3H3. The maximum Gasteiger partial charge on any atom is 0.272 e. The highest BCUT2D eigenvalue weighted by Crippen LogP contribution is 2.33. The van der Waals surface area contributed by atoms with Gasteiger partial charge in [-0.25, -0.2) is 9.97 Å². The Bertz CT molecular complexity index is 958. The Morgan fingerprint density at radius 3 is 2.78 bits per heavy atom. The molecule has 3 heterocycles. The van der Waals surface area contributed by atoms with Crippen LogP contribution in [0.3, 0.4) is 0 Å². The molecule has 1 fully saturated rings. The predicted octanol–water partition coefficient (Wildman–Crippen LogP) is 3.49. The van der Waals surface area contributed by atoms with Gasteiger partial charge in [-0.1, -0.05) is 11.3 Å². The number of fused-ring (bicyclic) bond motifs is 1. The topological polar surface area (TPSA) is 54.3 Å². The molecule has 6 nitrogen and oxygen atoms in total. The summed E-state index contributed by atoms with van der Waals surface area (Å²) in [5, 5.41) is 1.09. The van der Waals surface area contributed by atoms with E-state index in [9.17, 15) is 4.79 Å². The number of aromatic nitrogens is 3. The number of imidazole rings is 1. The van der Waals surface area contributed by atoms with Crippen LogP contribution in [0.2, 0.25) is 0 Å². The molecule has 4 rings (SSSR count). The number of piperidine rings is 1. The first-order valence-corrected chi connectivity index (χ1v) is 11.0. The number of thiazole rings is 1. The number of carbonyl (C=O) groups is 1. The maximum absolute atomic E-state index is 12.7. The molecule has 1 saturated heterocycles. The van der Waals surface area contributed by atoms with Crippen LogP contribution in [-0.2, 0) is 7.05 Å². The van der Waals surface area contributed by atoms with E-state index in [1.54, 1.807) is 40.2 Å². The largest absolute Gasteiger partial charge is 0.348 e. The summed E-state index contributed by atoms with van der Waals surface area (Å²) < 4.78 is 3.01. The lowest BCUT2D eigenvalue weighted by molar-refractivity contribution is 0.0699. The van der Waals surface area contributed by atoms with Crippen molar-refractivity contribution in [1.82, 2.24) is 19.4 Å². The van der Waals surface area contributed by atoms with Crippen LogP contribution in [0, 0.1) is 0 Å². The molecule has 2 aromatic heterocycles. The third-order valence-electron chi connectivity index (χ3n) is 5.22. The van der Waals surface area contributed by atoms with Gasteiger partial charge in [0.1, 0.15) is 5.69 Å². The normalized spacial score (nSPS) is 15.4. The van der Waals surface area contributed by atoms with E-state index in [0.29, 0.717) is 5.69 Å². The summed E-state index contributed by atoms with van der Waals surface area (Å²) in [5.74, 6) is 0.0398. The first kappa shape index (κ1) is 18.3. The number of benzene rings is 1. The van der Waals surface area contributed by atoms with E-state index < -0.39 is 0 Å². The molecule has 3 aromatic rings. The maximum atomic E-state index is 12.7. The fourth-order valence-electron chi connectivity index (χ4n) is 3.51. The van der Waals surface area contributed by atoms with Crippen LogP contribution in [0.25, 0.3) is 10.2 Å². The molecule has 0 atom stereocenters. The van der Waals surface area contributed by atoms with Crippen molar-refractivity contribution in [3.05, 3.63) is 36.4 Å². The lowest BCUT2D eigenvalue weighted by Crippen LogP contribution is -2.46. The third-order valence-corrected chi connectivity index (χ3v) is 7.03. The molecule has 1 aromatic carbocycles. The second-order valence-corrected chi connectivity index (χ2v) is 8.74. The second-order valence-electron chi connectivity index (χ2n) is 6.85. The second kappa shape index (κ2) is 7.52. The zero-order valence-electron chi connectivity index (χ0n) is 15.8. The van der Waals surface area contributed by atoms with E-state index in [0.717, 1.165) is 36.6 Å². The molecule has 0 aliphatic carbocycles. The van der Waals surface area contributed by atoms with Gasteiger partial charge in [-0.2, -0.15) is 0 Å². The van der Waals surface area contributed by atoms with Crippen LogP contribution in [0.4, 0.5) is 5.13 Å². The average molecular weight is 402 g/mol. The van der Waals surface area contributed by atoms with Crippen LogP contribution < -0.4 is 4.90 Å². The Labute approximate surface area is 167 Å². The van der Waals surface area contributed by atoms with Gasteiger partial charge in [0.25, 0.3) is 5.91 Å². The summed E-state index contributed by atoms with van der Waals surface area (Å²) in [4.78, 5) is 27.1. The molecule has 1 aliphatic heterocycles. The molecule has 1 amide bonds. The number of thioether (sulfide) groups is 1. The molecule has 0 unspecified atom stereocenters. The van der Waals surface area contributed by atoms with E-state index in [2.05, 4.69) is 34.3 Å². The van der Waals surface area contributed by atoms with E-state index in [1.165, 1.54) is 9.60 Å². The Morgan fingerprint density at radius 2 is 2.11 bits per heavy atom. The van der Waals surface area contributed by atoms with Crippen molar-refractivity contribution in [2.45, 2.75) is 23.8 Å². The number of nitrogens with zero attached hydrogens (tertiary/aromatic N) is 5. The highest BCUT2D eigenvalue weighted by Gasteiger charge is 2.28. The van der Waals surface area contributed by atoms with Crippen molar-refractivity contribution in [2.24, 2.45) is 7.05 Å². The first-order chi connectivity index (χ1) is 13.1. The van der Waals surface area contributed by atoms with Gasteiger partial charge in [0.15, 0.2) is 5.13 Å². The molecule has 27 heavy (non-hydrogen) atoms. The smallest absolute Gasteiger partial charge is 0.272 e. The van der Waals surface area contributed by atoms with Gasteiger partial charge in [-0.3, -0.25) is 4.79 Å². The third kappa shape index (κ3) is 3.55. The fraction of sp³-hybridized carbons (Fsp3) is 0.421. The molecule has 1 aliphatic rings. The molecule has 0 radical (unpaired) electrons. The van der Waals surface area contributed by atoms with Gasteiger partial charge in [-0.15, -0.1) is 11.8 Å². The summed E-state index contributed by atoms with van der Waals surface area (Å²) in [7, 11) is 3.75. The number of amides is 1. The van der Waals surface area contributed by atoms with E-state index >= 15 is 0 Å². The highest BCUT2D eigenvalue weighted by atomic mass is 32.2. The molecule has 142 valence electrons. The number of hydrogen-bond donors (Lipinski definition) is 0. The van der Waals surface area contributed by atoms with Crippen LogP contribution in [0.1, 0.15) is 23.3 Å². The van der Waals surface area contributed by atoms with Crippen molar-refractivity contribution >= 4 is 44.4 Å². The monoisotopic (exact) mass is 401 g/mol. The summed E-state index contributed by atoms with van der Waals surface area (Å²) in [6.45, 7) is 1.84. The minimum atomic E-state index is 0.0398. The number of carbonyl (C=O) groups excluding carboxylic acids is 1. The fourth-order valence-corrected chi connectivity index (χ4v) is 5.08.